The van der Waals surface area contributed by atoms with Gasteiger partial charge in [-0.2, -0.15) is 0 Å². The molecule has 1 atom stereocenters. The van der Waals surface area contributed by atoms with Gasteiger partial charge < -0.3 is 5.32 Å². The summed E-state index contributed by atoms with van der Waals surface area (Å²) in [5.74, 6) is 0. The van der Waals surface area contributed by atoms with Crippen LogP contribution >= 0.6 is 0 Å². The first kappa shape index (κ1) is 10.2. The Balaban J connectivity index is 2.49. The van der Waals surface area contributed by atoms with Crippen LogP contribution in [-0.2, 0) is 6.42 Å². The molecule has 0 spiro atoms. The van der Waals surface area contributed by atoms with E-state index in [0.29, 0.717) is 13.0 Å². The number of hydrogen-bond donors (Lipinski definition) is 1. The third-order valence-electron chi connectivity index (χ3n) is 2.00. The average molecular weight is 181 g/mol. The molecule has 0 heterocycles. The van der Waals surface area contributed by atoms with Crippen molar-refractivity contribution < 1.29 is 4.39 Å². The zero-order valence-corrected chi connectivity index (χ0v) is 8.18. The molecular formula is C11H16FN. The van der Waals surface area contributed by atoms with Gasteiger partial charge in [0.25, 0.3) is 0 Å². The summed E-state index contributed by atoms with van der Waals surface area (Å²) >= 11 is 0. The van der Waals surface area contributed by atoms with Crippen LogP contribution in [-0.4, -0.2) is 19.8 Å². The molecule has 1 nitrogen and oxygen atoms in total. The van der Waals surface area contributed by atoms with E-state index in [2.05, 4.69) is 5.32 Å². The lowest BCUT2D eigenvalue weighted by atomic mass is 10.1. The number of hydrogen-bond acceptors (Lipinski definition) is 1. The minimum atomic E-state index is -0.785. The van der Waals surface area contributed by atoms with E-state index in [0.717, 1.165) is 5.56 Å². The van der Waals surface area contributed by atoms with Gasteiger partial charge in [0.15, 0.2) is 0 Å². The molecule has 0 aromatic heterocycles. The quantitative estimate of drug-likeness (QED) is 0.750. The van der Waals surface area contributed by atoms with Gasteiger partial charge in [-0.15, -0.1) is 0 Å². The van der Waals surface area contributed by atoms with Crippen molar-refractivity contribution in [1.29, 1.82) is 0 Å². The van der Waals surface area contributed by atoms with Crippen LogP contribution in [0.5, 0.6) is 0 Å². The molecule has 0 bridgehead atoms. The van der Waals surface area contributed by atoms with E-state index >= 15 is 0 Å². The second kappa shape index (κ2) is 4.97. The first-order chi connectivity index (χ1) is 6.22. The van der Waals surface area contributed by atoms with Gasteiger partial charge in [0.1, 0.15) is 6.17 Å². The summed E-state index contributed by atoms with van der Waals surface area (Å²) in [6.07, 6.45) is -0.283. The Morgan fingerprint density at radius 1 is 1.31 bits per heavy atom. The van der Waals surface area contributed by atoms with Crippen LogP contribution < -0.4 is 5.32 Å². The summed E-state index contributed by atoms with van der Waals surface area (Å²) in [4.78, 5) is 0. The molecule has 2 heteroatoms. The second-order valence-electron chi connectivity index (χ2n) is 3.34. The summed E-state index contributed by atoms with van der Waals surface area (Å²) in [7, 11) is 1.77. The SMILES string of the molecule is CNCC(F)Cc1ccc(C)cc1. The van der Waals surface area contributed by atoms with Crippen molar-refractivity contribution in [2.45, 2.75) is 19.5 Å². The van der Waals surface area contributed by atoms with Crippen LogP contribution in [0.25, 0.3) is 0 Å². The maximum Gasteiger partial charge on any atom is 0.116 e. The summed E-state index contributed by atoms with van der Waals surface area (Å²) in [5.41, 5.74) is 2.28. The molecule has 1 unspecified atom stereocenters. The molecule has 1 rings (SSSR count). The highest BCUT2D eigenvalue weighted by atomic mass is 19.1. The van der Waals surface area contributed by atoms with E-state index in [1.807, 2.05) is 31.2 Å². The number of halogens is 1. The average Bonchev–Trinajstić information content (AvgIpc) is 2.09. The van der Waals surface area contributed by atoms with Crippen LogP contribution in [0.2, 0.25) is 0 Å². The summed E-state index contributed by atoms with van der Waals surface area (Å²) in [6, 6.07) is 8.00. The number of nitrogens with one attached hydrogen (secondary N) is 1. The molecule has 0 fully saturated rings. The van der Waals surface area contributed by atoms with Crippen molar-refractivity contribution in [1.82, 2.24) is 5.32 Å². The third kappa shape index (κ3) is 3.55. The monoisotopic (exact) mass is 181 g/mol. The fraction of sp³-hybridized carbons (Fsp3) is 0.455. The van der Waals surface area contributed by atoms with Gasteiger partial charge in [0.2, 0.25) is 0 Å². The van der Waals surface area contributed by atoms with E-state index in [1.165, 1.54) is 5.56 Å². The van der Waals surface area contributed by atoms with E-state index in [9.17, 15) is 4.39 Å². The molecule has 72 valence electrons. The van der Waals surface area contributed by atoms with E-state index in [-0.39, 0.29) is 0 Å². The molecule has 13 heavy (non-hydrogen) atoms. The van der Waals surface area contributed by atoms with Crippen molar-refractivity contribution in [3.63, 3.8) is 0 Å². The fourth-order valence-electron chi connectivity index (χ4n) is 1.27. The maximum atomic E-state index is 13.1. The number of benzene rings is 1. The van der Waals surface area contributed by atoms with Gasteiger partial charge in [-0.1, -0.05) is 29.8 Å². The molecule has 0 aliphatic carbocycles. The normalized spacial score (nSPS) is 12.8. The molecule has 0 radical (unpaired) electrons. The first-order valence-corrected chi connectivity index (χ1v) is 4.56. The molecule has 0 saturated carbocycles. The number of rotatable bonds is 4. The Hall–Kier alpha value is -0.890. The minimum Gasteiger partial charge on any atom is -0.317 e. The molecule has 0 saturated heterocycles. The van der Waals surface area contributed by atoms with Crippen molar-refractivity contribution >= 4 is 0 Å². The van der Waals surface area contributed by atoms with Crippen LogP contribution in [0, 0.1) is 6.92 Å². The molecule has 0 aliphatic rings. The molecule has 0 amide bonds. The Morgan fingerprint density at radius 3 is 2.46 bits per heavy atom. The smallest absolute Gasteiger partial charge is 0.116 e. The molecule has 0 aliphatic heterocycles. The van der Waals surface area contributed by atoms with Crippen molar-refractivity contribution in [3.8, 4) is 0 Å². The third-order valence-corrected chi connectivity index (χ3v) is 2.00. The lowest BCUT2D eigenvalue weighted by Gasteiger charge is -2.07. The number of aryl methyl sites for hydroxylation is 1. The highest BCUT2D eigenvalue weighted by Gasteiger charge is 2.05. The second-order valence-corrected chi connectivity index (χ2v) is 3.34. The van der Waals surface area contributed by atoms with Gasteiger partial charge in [0.05, 0.1) is 0 Å². The van der Waals surface area contributed by atoms with Gasteiger partial charge in [0, 0.05) is 13.0 Å². The first-order valence-electron chi connectivity index (χ1n) is 4.56. The van der Waals surface area contributed by atoms with Crippen LogP contribution in [0.4, 0.5) is 4.39 Å². The molecule has 1 aromatic carbocycles. The Bertz CT molecular complexity index is 243. The van der Waals surface area contributed by atoms with Crippen LogP contribution in [0.3, 0.4) is 0 Å². The Morgan fingerprint density at radius 2 is 1.92 bits per heavy atom. The molecule has 1 N–H and O–H groups in total. The highest BCUT2D eigenvalue weighted by molar-refractivity contribution is 5.21. The van der Waals surface area contributed by atoms with Gasteiger partial charge >= 0.3 is 0 Å². The largest absolute Gasteiger partial charge is 0.317 e. The standard InChI is InChI=1S/C11H16FN/c1-9-3-5-10(6-4-9)7-11(12)8-13-2/h3-6,11,13H,7-8H2,1-2H3. The number of alkyl halides is 1. The lowest BCUT2D eigenvalue weighted by molar-refractivity contribution is 0.324. The summed E-state index contributed by atoms with van der Waals surface area (Å²) < 4.78 is 13.1. The van der Waals surface area contributed by atoms with Gasteiger partial charge in [-0.3, -0.25) is 0 Å². The van der Waals surface area contributed by atoms with Crippen molar-refractivity contribution in [2.75, 3.05) is 13.6 Å². The van der Waals surface area contributed by atoms with E-state index < -0.39 is 6.17 Å². The Kier molecular flexibility index (Phi) is 3.90. The van der Waals surface area contributed by atoms with Gasteiger partial charge in [-0.25, -0.2) is 4.39 Å². The van der Waals surface area contributed by atoms with E-state index in [1.54, 1.807) is 7.05 Å². The predicted molar refractivity (Wildman–Crippen MR) is 53.7 cm³/mol. The zero-order valence-electron chi connectivity index (χ0n) is 8.18. The lowest BCUT2D eigenvalue weighted by Crippen LogP contribution is -2.21. The Labute approximate surface area is 79.0 Å². The van der Waals surface area contributed by atoms with Crippen LogP contribution in [0.1, 0.15) is 11.1 Å². The summed E-state index contributed by atoms with van der Waals surface area (Å²) in [6.45, 7) is 2.46. The molecule has 1 aromatic rings. The fourth-order valence-corrected chi connectivity index (χ4v) is 1.27. The van der Waals surface area contributed by atoms with Crippen molar-refractivity contribution in [2.24, 2.45) is 0 Å². The maximum absolute atomic E-state index is 13.1. The molecular weight excluding hydrogens is 165 g/mol. The van der Waals surface area contributed by atoms with Crippen molar-refractivity contribution in [3.05, 3.63) is 35.4 Å². The minimum absolute atomic E-state index is 0.424. The van der Waals surface area contributed by atoms with Gasteiger partial charge in [-0.05, 0) is 19.5 Å². The topological polar surface area (TPSA) is 12.0 Å². The highest BCUT2D eigenvalue weighted by Crippen LogP contribution is 2.07. The predicted octanol–water partition coefficient (Wildman–Crippen LogP) is 2.10. The zero-order chi connectivity index (χ0) is 9.68. The van der Waals surface area contributed by atoms with Crippen LogP contribution in [0.15, 0.2) is 24.3 Å². The van der Waals surface area contributed by atoms with E-state index in [4.69, 9.17) is 0 Å². The summed E-state index contributed by atoms with van der Waals surface area (Å²) in [5, 5.41) is 2.82.